The zero-order valence-corrected chi connectivity index (χ0v) is 12.8. The van der Waals surface area contributed by atoms with E-state index in [-0.39, 0.29) is 0 Å². The van der Waals surface area contributed by atoms with Gasteiger partial charge in [0.1, 0.15) is 0 Å². The van der Waals surface area contributed by atoms with E-state index in [0.29, 0.717) is 0 Å². The van der Waals surface area contributed by atoms with E-state index >= 15 is 0 Å². The van der Waals surface area contributed by atoms with Crippen molar-refractivity contribution in [3.8, 4) is 0 Å². The Bertz CT molecular complexity index is 506. The Balaban J connectivity index is 0.000000518. The Morgan fingerprint density at radius 2 is 1.18 bits per heavy atom. The Hall–Kier alpha value is -0.600. The first-order valence-electron chi connectivity index (χ1n) is 5.84. The number of nitrogens with zero attached hydrogens (tertiary/aromatic N) is 1. The number of rotatable bonds is 3. The fourth-order valence-electron chi connectivity index (χ4n) is 1.44. The molecule has 0 aromatic heterocycles. The molecule has 0 aromatic carbocycles. The first-order chi connectivity index (χ1) is 9.64. The fourth-order valence-corrected chi connectivity index (χ4v) is 3.15. The van der Waals surface area contributed by atoms with Gasteiger partial charge in [0.25, 0.3) is 0 Å². The molecule has 0 bridgehead atoms. The van der Waals surface area contributed by atoms with Crippen LogP contribution in [0, 0.1) is 0 Å². The van der Waals surface area contributed by atoms with E-state index in [4.69, 9.17) is 0 Å². The molecule has 0 spiro atoms. The maximum absolute atomic E-state index is 11.4. The number of hydrogen-bond donors (Lipinski definition) is 1. The SMILES string of the molecule is CC[NH+]1CCCC1.O=S(=O)([N-]S(=O)(=O)C(F)(F)F)C(F)(F)F. The molecule has 1 aliphatic heterocycles. The summed E-state index contributed by atoms with van der Waals surface area (Å²) in [5.41, 5.74) is -12.4. The lowest BCUT2D eigenvalue weighted by Gasteiger charge is -2.22. The Morgan fingerprint density at radius 3 is 1.36 bits per heavy atom. The van der Waals surface area contributed by atoms with Crippen LogP contribution in [0.2, 0.25) is 0 Å². The predicted octanol–water partition coefficient (Wildman–Crippen LogP) is 0.744. The van der Waals surface area contributed by atoms with E-state index in [0.717, 1.165) is 4.13 Å². The second-order valence-electron chi connectivity index (χ2n) is 4.23. The highest BCUT2D eigenvalue weighted by atomic mass is 32.3. The molecule has 22 heavy (non-hydrogen) atoms. The van der Waals surface area contributed by atoms with E-state index < -0.39 is 31.1 Å². The maximum atomic E-state index is 11.4. The number of hydrogen-bond acceptors (Lipinski definition) is 4. The summed E-state index contributed by atoms with van der Waals surface area (Å²) >= 11 is 0. The largest absolute Gasteiger partial charge is 0.480 e. The molecule has 0 radical (unpaired) electrons. The van der Waals surface area contributed by atoms with Gasteiger partial charge in [-0.05, 0) is 6.92 Å². The molecule has 134 valence electrons. The second kappa shape index (κ2) is 7.31. The van der Waals surface area contributed by atoms with E-state index in [1.165, 1.54) is 32.5 Å². The smallest absolute Gasteiger partial charge is 0.421 e. The Kier molecular flexibility index (Phi) is 7.11. The van der Waals surface area contributed by atoms with Crippen molar-refractivity contribution in [3.05, 3.63) is 4.13 Å². The highest BCUT2D eigenvalue weighted by Gasteiger charge is 2.46. The van der Waals surface area contributed by atoms with Gasteiger partial charge < -0.3 is 9.03 Å². The van der Waals surface area contributed by atoms with Gasteiger partial charge in [-0.1, -0.05) is 0 Å². The molecule has 14 heteroatoms. The molecule has 1 rings (SSSR count). The number of halogens is 6. The molecular weight excluding hydrogens is 366 g/mol. The normalized spacial score (nSPS) is 18.0. The van der Waals surface area contributed by atoms with Crippen molar-refractivity contribution in [2.45, 2.75) is 30.8 Å². The topological polar surface area (TPSA) is 86.8 Å². The molecule has 0 aromatic rings. The van der Waals surface area contributed by atoms with E-state index in [9.17, 15) is 43.2 Å². The van der Waals surface area contributed by atoms with Crippen LogP contribution in [0.25, 0.3) is 4.13 Å². The average Bonchev–Trinajstić information content (AvgIpc) is 2.77. The number of sulfonamides is 2. The molecule has 0 atom stereocenters. The van der Waals surface area contributed by atoms with Crippen molar-refractivity contribution in [3.63, 3.8) is 0 Å². The van der Waals surface area contributed by atoms with Crippen LogP contribution in [0.4, 0.5) is 26.3 Å². The lowest BCUT2D eigenvalue weighted by Crippen LogP contribution is -3.09. The van der Waals surface area contributed by atoms with Crippen LogP contribution in [-0.2, 0) is 20.0 Å². The third kappa shape index (κ3) is 6.26. The van der Waals surface area contributed by atoms with Gasteiger partial charge in [0.2, 0.25) is 0 Å². The Morgan fingerprint density at radius 1 is 0.864 bits per heavy atom. The third-order valence-electron chi connectivity index (χ3n) is 2.59. The van der Waals surface area contributed by atoms with Gasteiger partial charge in [0.05, 0.1) is 19.6 Å². The van der Waals surface area contributed by atoms with Gasteiger partial charge in [0, 0.05) is 12.8 Å². The summed E-state index contributed by atoms with van der Waals surface area (Å²) in [4.78, 5) is 1.79. The summed E-state index contributed by atoms with van der Waals surface area (Å²) in [6.45, 7) is 6.45. The summed E-state index contributed by atoms with van der Waals surface area (Å²) in [6.07, 6.45) is 2.92. The highest BCUT2D eigenvalue weighted by Crippen LogP contribution is 2.36. The van der Waals surface area contributed by atoms with Gasteiger partial charge in [-0.15, -0.1) is 0 Å². The van der Waals surface area contributed by atoms with Crippen molar-refractivity contribution in [2.75, 3.05) is 19.6 Å². The van der Waals surface area contributed by atoms with Gasteiger partial charge in [0.15, 0.2) is 20.0 Å². The number of likely N-dealkylation sites (tertiary alicyclic amines) is 1. The summed E-state index contributed by atoms with van der Waals surface area (Å²) < 4.78 is 109. The zero-order valence-electron chi connectivity index (χ0n) is 11.2. The van der Waals surface area contributed by atoms with Crippen LogP contribution in [0.3, 0.4) is 0 Å². The van der Waals surface area contributed by atoms with Crippen LogP contribution >= 0.6 is 0 Å². The molecule has 1 saturated heterocycles. The minimum atomic E-state index is -6.72. The molecule has 1 N–H and O–H groups in total. The predicted molar refractivity (Wildman–Crippen MR) is 63.8 cm³/mol. The first kappa shape index (κ1) is 21.4. The quantitative estimate of drug-likeness (QED) is 0.732. The van der Waals surface area contributed by atoms with Crippen molar-refractivity contribution in [1.29, 1.82) is 0 Å². The minimum absolute atomic E-state index is 0.778. The van der Waals surface area contributed by atoms with Gasteiger partial charge in [-0.2, -0.15) is 26.3 Å². The summed E-state index contributed by atoms with van der Waals surface area (Å²) in [6, 6.07) is 0. The molecular formula is C8H14F6N2O4S2. The van der Waals surface area contributed by atoms with Crippen LogP contribution in [0.5, 0.6) is 0 Å². The summed E-state index contributed by atoms with van der Waals surface area (Å²) in [5.74, 6) is 0. The van der Waals surface area contributed by atoms with Crippen molar-refractivity contribution in [1.82, 2.24) is 0 Å². The number of quaternary nitrogens is 1. The molecule has 0 aliphatic carbocycles. The van der Waals surface area contributed by atoms with E-state index in [1.807, 2.05) is 0 Å². The molecule has 1 heterocycles. The minimum Gasteiger partial charge on any atom is -0.421 e. The first-order valence-corrected chi connectivity index (χ1v) is 8.72. The standard InChI is InChI=1S/C6H13N.C2F6NO4S2/c1-2-7-5-3-4-6-7;3-1(4,5)14(10,11)9-15(12,13)2(6,7)8/h2-6H2,1H3;/q;-1/p+1. The number of alkyl halides is 6. The fraction of sp³-hybridized carbons (Fsp3) is 1.00. The average molecular weight is 380 g/mol. The molecule has 6 nitrogen and oxygen atoms in total. The molecule has 1 aliphatic rings. The third-order valence-corrected chi connectivity index (χ3v) is 5.33. The van der Waals surface area contributed by atoms with Crippen molar-refractivity contribution < 1.29 is 48.1 Å². The highest BCUT2D eigenvalue weighted by molar-refractivity contribution is 8.13. The van der Waals surface area contributed by atoms with Crippen LogP contribution in [0.15, 0.2) is 0 Å². The molecule has 0 unspecified atom stereocenters. The molecule has 1 fully saturated rings. The molecule has 0 saturated carbocycles. The molecule has 0 amide bonds. The monoisotopic (exact) mass is 380 g/mol. The van der Waals surface area contributed by atoms with E-state index in [2.05, 4.69) is 6.92 Å². The van der Waals surface area contributed by atoms with E-state index in [1.54, 1.807) is 4.90 Å². The van der Waals surface area contributed by atoms with Crippen LogP contribution < -0.4 is 4.90 Å². The van der Waals surface area contributed by atoms with Crippen LogP contribution in [0.1, 0.15) is 19.8 Å². The summed E-state index contributed by atoms with van der Waals surface area (Å²) in [5, 5.41) is 0. The lowest BCUT2D eigenvalue weighted by molar-refractivity contribution is -0.885. The zero-order chi connectivity index (χ0) is 17.8. The van der Waals surface area contributed by atoms with Crippen LogP contribution in [-0.4, -0.2) is 47.5 Å². The van der Waals surface area contributed by atoms with Gasteiger partial charge in [-0.25, -0.2) is 16.8 Å². The van der Waals surface area contributed by atoms with Crippen molar-refractivity contribution in [2.24, 2.45) is 0 Å². The van der Waals surface area contributed by atoms with Gasteiger partial charge in [-0.3, -0.25) is 0 Å². The Labute approximate surface area is 123 Å². The number of nitrogens with one attached hydrogen (secondary N) is 1. The maximum Gasteiger partial charge on any atom is 0.480 e. The second-order valence-corrected chi connectivity index (χ2v) is 7.65. The summed E-state index contributed by atoms with van der Waals surface area (Å²) in [7, 11) is -13.4. The van der Waals surface area contributed by atoms with Crippen molar-refractivity contribution >= 4 is 20.0 Å². The lowest BCUT2D eigenvalue weighted by atomic mass is 10.4. The van der Waals surface area contributed by atoms with Gasteiger partial charge >= 0.3 is 11.0 Å².